The molecule has 0 aliphatic carbocycles. The van der Waals surface area contributed by atoms with E-state index in [1.807, 2.05) is 0 Å². The van der Waals surface area contributed by atoms with Gasteiger partial charge in [0.2, 0.25) is 5.91 Å². The number of nitrogens with one attached hydrogen (secondary N) is 1. The Labute approximate surface area is 185 Å². The summed E-state index contributed by atoms with van der Waals surface area (Å²) in [4.78, 5) is 40.3. The van der Waals surface area contributed by atoms with Crippen molar-refractivity contribution in [3.8, 4) is 11.5 Å². The molecule has 31 heavy (non-hydrogen) atoms. The van der Waals surface area contributed by atoms with E-state index in [0.717, 1.165) is 4.90 Å². The van der Waals surface area contributed by atoms with Crippen molar-refractivity contribution in [1.29, 1.82) is 0 Å². The average molecular weight is 446 g/mol. The Morgan fingerprint density at radius 1 is 1.10 bits per heavy atom. The maximum absolute atomic E-state index is 13.0. The van der Waals surface area contributed by atoms with Gasteiger partial charge in [-0.15, -0.1) is 0 Å². The van der Waals surface area contributed by atoms with E-state index in [-0.39, 0.29) is 19.1 Å². The monoisotopic (exact) mass is 445 g/mol. The van der Waals surface area contributed by atoms with Crippen LogP contribution in [0.4, 0.5) is 4.79 Å². The molecule has 0 bridgehead atoms. The lowest BCUT2D eigenvalue weighted by molar-refractivity contribution is -0.138. The van der Waals surface area contributed by atoms with Crippen molar-refractivity contribution in [2.24, 2.45) is 0 Å². The summed E-state index contributed by atoms with van der Waals surface area (Å²) >= 11 is 5.84. The van der Waals surface area contributed by atoms with E-state index in [4.69, 9.17) is 21.1 Å². The second-order valence-corrected chi connectivity index (χ2v) is 7.73. The first-order valence-electron chi connectivity index (χ1n) is 9.65. The third-order valence-corrected chi connectivity index (χ3v) is 5.42. The minimum absolute atomic E-state index is 0.258. The smallest absolute Gasteiger partial charge is 0.325 e. The average Bonchev–Trinajstić information content (AvgIpc) is 2.98. The number of likely N-dealkylation sites (N-methyl/N-ethyl adjacent to an activating group) is 1. The van der Waals surface area contributed by atoms with E-state index in [0.29, 0.717) is 28.6 Å². The number of rotatable bonds is 8. The zero-order valence-electron chi connectivity index (χ0n) is 17.6. The zero-order valence-corrected chi connectivity index (χ0v) is 18.3. The van der Waals surface area contributed by atoms with Crippen molar-refractivity contribution in [3.05, 3.63) is 59.1 Å². The van der Waals surface area contributed by atoms with Gasteiger partial charge in [-0.2, -0.15) is 0 Å². The van der Waals surface area contributed by atoms with Crippen LogP contribution >= 0.6 is 11.6 Å². The molecule has 1 fully saturated rings. The van der Waals surface area contributed by atoms with Crippen LogP contribution in [0.25, 0.3) is 0 Å². The minimum Gasteiger partial charge on any atom is -0.497 e. The van der Waals surface area contributed by atoms with Gasteiger partial charge < -0.3 is 19.7 Å². The number of ether oxygens (including phenoxy) is 2. The molecule has 1 heterocycles. The van der Waals surface area contributed by atoms with Crippen LogP contribution in [0.2, 0.25) is 5.02 Å². The Morgan fingerprint density at radius 2 is 1.71 bits per heavy atom. The van der Waals surface area contributed by atoms with Crippen molar-refractivity contribution in [1.82, 2.24) is 15.1 Å². The van der Waals surface area contributed by atoms with E-state index < -0.39 is 17.5 Å². The lowest BCUT2D eigenvalue weighted by atomic mass is 9.92. The van der Waals surface area contributed by atoms with Crippen molar-refractivity contribution >= 4 is 29.4 Å². The first-order valence-corrected chi connectivity index (χ1v) is 10.0. The molecule has 2 aromatic carbocycles. The van der Waals surface area contributed by atoms with Crippen molar-refractivity contribution in [2.75, 3.05) is 33.9 Å². The summed E-state index contributed by atoms with van der Waals surface area (Å²) in [6, 6.07) is 13.1. The molecule has 1 unspecified atom stereocenters. The molecular weight excluding hydrogens is 422 g/mol. The van der Waals surface area contributed by atoms with Crippen LogP contribution in [0.5, 0.6) is 11.5 Å². The summed E-state index contributed by atoms with van der Waals surface area (Å²) in [5.74, 6) is 0.414. The Hall–Kier alpha value is -3.26. The number of nitrogens with zero attached hydrogens (tertiary/aromatic N) is 2. The van der Waals surface area contributed by atoms with E-state index in [1.165, 1.54) is 4.90 Å². The minimum atomic E-state index is -1.25. The SMILES string of the molecule is COc1ccc(C2(C)NC(=O)N(CC(=O)N(C)CCOc3ccc(Cl)cc3)C2=O)cc1. The highest BCUT2D eigenvalue weighted by atomic mass is 35.5. The lowest BCUT2D eigenvalue weighted by Crippen LogP contribution is -2.44. The number of imide groups is 1. The predicted molar refractivity (Wildman–Crippen MR) is 115 cm³/mol. The standard InChI is InChI=1S/C22H24ClN3O5/c1-22(15-4-8-17(30-3)9-5-15)20(28)26(21(29)24-22)14-19(27)25(2)12-13-31-18-10-6-16(23)7-11-18/h4-11H,12-14H2,1-3H3,(H,24,29). The molecule has 3 rings (SSSR count). The van der Waals surface area contributed by atoms with Gasteiger partial charge in [0.05, 0.1) is 13.7 Å². The number of carbonyl (C=O) groups excluding carboxylic acids is 3. The van der Waals surface area contributed by atoms with Crippen LogP contribution < -0.4 is 14.8 Å². The molecule has 9 heteroatoms. The number of carbonyl (C=O) groups is 3. The fourth-order valence-electron chi connectivity index (χ4n) is 3.17. The van der Waals surface area contributed by atoms with Gasteiger partial charge in [0.15, 0.2) is 0 Å². The maximum atomic E-state index is 13.0. The molecule has 0 aromatic heterocycles. The molecule has 0 saturated carbocycles. The number of methoxy groups -OCH3 is 1. The third kappa shape index (κ3) is 4.91. The van der Waals surface area contributed by atoms with Crippen LogP contribution in [0.3, 0.4) is 0 Å². The summed E-state index contributed by atoms with van der Waals surface area (Å²) in [5, 5.41) is 3.29. The van der Waals surface area contributed by atoms with Gasteiger partial charge in [0.1, 0.15) is 30.2 Å². The predicted octanol–water partition coefficient (Wildman–Crippen LogP) is 2.65. The van der Waals surface area contributed by atoms with Gasteiger partial charge >= 0.3 is 6.03 Å². The number of hydrogen-bond acceptors (Lipinski definition) is 5. The second kappa shape index (κ2) is 9.26. The van der Waals surface area contributed by atoms with Crippen molar-refractivity contribution in [2.45, 2.75) is 12.5 Å². The fourth-order valence-corrected chi connectivity index (χ4v) is 3.30. The van der Waals surface area contributed by atoms with Gasteiger partial charge in [-0.25, -0.2) is 4.79 Å². The third-order valence-electron chi connectivity index (χ3n) is 5.17. The van der Waals surface area contributed by atoms with Crippen LogP contribution in [0.1, 0.15) is 12.5 Å². The Kier molecular flexibility index (Phi) is 6.70. The summed E-state index contributed by atoms with van der Waals surface area (Å²) in [5.41, 5.74) is -0.647. The number of benzene rings is 2. The molecule has 1 aliphatic heterocycles. The Balaban J connectivity index is 1.57. The second-order valence-electron chi connectivity index (χ2n) is 7.29. The first-order chi connectivity index (χ1) is 14.7. The first kappa shape index (κ1) is 22.4. The lowest BCUT2D eigenvalue weighted by Gasteiger charge is -2.23. The van der Waals surface area contributed by atoms with Crippen molar-refractivity contribution < 1.29 is 23.9 Å². The summed E-state index contributed by atoms with van der Waals surface area (Å²) < 4.78 is 10.7. The fraction of sp³-hybridized carbons (Fsp3) is 0.318. The van der Waals surface area contributed by atoms with E-state index in [2.05, 4.69) is 5.32 Å². The topological polar surface area (TPSA) is 88.2 Å². The molecule has 0 spiro atoms. The molecule has 1 atom stereocenters. The number of hydrogen-bond donors (Lipinski definition) is 1. The highest BCUT2D eigenvalue weighted by Crippen LogP contribution is 2.30. The summed E-state index contributed by atoms with van der Waals surface area (Å²) in [6.45, 7) is 1.81. The van der Waals surface area contributed by atoms with E-state index in [1.54, 1.807) is 69.6 Å². The molecule has 1 N–H and O–H groups in total. The highest BCUT2D eigenvalue weighted by molar-refractivity contribution is 6.30. The molecule has 1 aliphatic rings. The maximum Gasteiger partial charge on any atom is 0.325 e. The molecule has 8 nitrogen and oxygen atoms in total. The molecule has 4 amide bonds. The Morgan fingerprint density at radius 3 is 2.32 bits per heavy atom. The van der Waals surface area contributed by atoms with Crippen LogP contribution in [0.15, 0.2) is 48.5 Å². The molecule has 164 valence electrons. The van der Waals surface area contributed by atoms with Gasteiger partial charge in [0, 0.05) is 12.1 Å². The quantitative estimate of drug-likeness (QED) is 0.631. The summed E-state index contributed by atoms with van der Waals surface area (Å²) in [6.07, 6.45) is 0. The largest absolute Gasteiger partial charge is 0.497 e. The van der Waals surface area contributed by atoms with E-state index >= 15 is 0 Å². The van der Waals surface area contributed by atoms with Gasteiger partial charge in [-0.1, -0.05) is 23.7 Å². The van der Waals surface area contributed by atoms with Gasteiger partial charge in [-0.3, -0.25) is 14.5 Å². The van der Waals surface area contributed by atoms with Crippen molar-refractivity contribution in [3.63, 3.8) is 0 Å². The van der Waals surface area contributed by atoms with Crippen LogP contribution in [-0.2, 0) is 15.1 Å². The number of urea groups is 1. The van der Waals surface area contributed by atoms with Crippen LogP contribution in [-0.4, -0.2) is 61.5 Å². The van der Waals surface area contributed by atoms with Gasteiger partial charge in [-0.05, 0) is 48.9 Å². The van der Waals surface area contributed by atoms with Gasteiger partial charge in [0.25, 0.3) is 5.91 Å². The molecular formula is C22H24ClN3O5. The number of amides is 4. The highest BCUT2D eigenvalue weighted by Gasteiger charge is 2.49. The molecule has 0 radical (unpaired) electrons. The number of halogens is 1. The Bertz CT molecular complexity index is 964. The summed E-state index contributed by atoms with van der Waals surface area (Å²) in [7, 11) is 3.14. The normalized spacial score (nSPS) is 18.0. The zero-order chi connectivity index (χ0) is 22.6. The van der Waals surface area contributed by atoms with Crippen LogP contribution in [0, 0.1) is 0 Å². The molecule has 2 aromatic rings. The molecule has 1 saturated heterocycles. The van der Waals surface area contributed by atoms with E-state index in [9.17, 15) is 14.4 Å².